The Bertz CT molecular complexity index is 756. The molecule has 1 aliphatic rings. The number of aryl methyl sites for hydroxylation is 2. The van der Waals surface area contributed by atoms with Gasteiger partial charge in [-0.3, -0.25) is 9.69 Å². The number of rotatable bonds is 1. The van der Waals surface area contributed by atoms with Gasteiger partial charge in [-0.05, 0) is 54.8 Å². The maximum absolute atomic E-state index is 12.3. The molecule has 0 fully saturated rings. The Labute approximate surface area is 118 Å². The number of hydrogen-bond acceptors (Lipinski definition) is 2. The van der Waals surface area contributed by atoms with Gasteiger partial charge in [0.05, 0.1) is 23.7 Å². The lowest BCUT2D eigenvalue weighted by atomic mass is 10.1. The lowest BCUT2D eigenvalue weighted by Crippen LogP contribution is -2.20. The van der Waals surface area contributed by atoms with Crippen molar-refractivity contribution in [2.24, 2.45) is 0 Å². The van der Waals surface area contributed by atoms with Crippen molar-refractivity contribution >= 4 is 17.3 Å². The van der Waals surface area contributed by atoms with Crippen LogP contribution in [0.1, 0.15) is 22.3 Å². The van der Waals surface area contributed by atoms with Crippen LogP contribution in [0.15, 0.2) is 36.4 Å². The van der Waals surface area contributed by atoms with Crippen molar-refractivity contribution in [2.75, 3.05) is 4.90 Å². The molecule has 3 heteroatoms. The molecule has 20 heavy (non-hydrogen) atoms. The van der Waals surface area contributed by atoms with Crippen LogP contribution in [0.4, 0.5) is 11.4 Å². The summed E-state index contributed by atoms with van der Waals surface area (Å²) >= 11 is 0. The summed E-state index contributed by atoms with van der Waals surface area (Å²) in [6, 6.07) is 13.5. The van der Waals surface area contributed by atoms with Crippen LogP contribution in [0.5, 0.6) is 0 Å². The molecule has 0 aliphatic carbocycles. The van der Waals surface area contributed by atoms with Crippen molar-refractivity contribution in [2.45, 2.75) is 20.3 Å². The monoisotopic (exact) mass is 262 g/mol. The Balaban J connectivity index is 2.14. The zero-order valence-electron chi connectivity index (χ0n) is 11.5. The largest absolute Gasteiger partial charge is 0.280 e. The first-order chi connectivity index (χ1) is 9.60. The number of carbonyl (C=O) groups excluding carboxylic acids is 1. The number of carbonyl (C=O) groups is 1. The summed E-state index contributed by atoms with van der Waals surface area (Å²) in [4.78, 5) is 14.0. The van der Waals surface area contributed by atoms with Crippen molar-refractivity contribution in [3.8, 4) is 6.07 Å². The lowest BCUT2D eigenvalue weighted by molar-refractivity contribution is -0.116. The molecule has 0 saturated carbocycles. The summed E-state index contributed by atoms with van der Waals surface area (Å²) in [7, 11) is 0. The molecule has 1 amide bonds. The fourth-order valence-electron chi connectivity index (χ4n) is 2.52. The van der Waals surface area contributed by atoms with Crippen LogP contribution in [-0.2, 0) is 11.2 Å². The standard InChI is InChI=1S/C17H14N2O/c1-11-3-6-15(7-12(11)2)19-16-8-13(10-18)4-5-14(16)9-17(19)20/h3-8H,9H2,1-2H3. The topological polar surface area (TPSA) is 44.1 Å². The van der Waals surface area contributed by atoms with Crippen LogP contribution in [-0.4, -0.2) is 5.91 Å². The van der Waals surface area contributed by atoms with E-state index in [9.17, 15) is 4.79 Å². The van der Waals surface area contributed by atoms with Gasteiger partial charge < -0.3 is 0 Å². The molecule has 1 heterocycles. The van der Waals surface area contributed by atoms with E-state index in [2.05, 4.69) is 6.07 Å². The highest BCUT2D eigenvalue weighted by molar-refractivity contribution is 6.07. The number of nitriles is 1. The van der Waals surface area contributed by atoms with Gasteiger partial charge in [0.2, 0.25) is 5.91 Å². The molecule has 0 radical (unpaired) electrons. The molecule has 0 unspecified atom stereocenters. The maximum Gasteiger partial charge on any atom is 0.236 e. The van der Waals surface area contributed by atoms with Gasteiger partial charge in [0.15, 0.2) is 0 Å². The molecular formula is C17H14N2O. The van der Waals surface area contributed by atoms with Crippen LogP contribution in [0.3, 0.4) is 0 Å². The van der Waals surface area contributed by atoms with Gasteiger partial charge in [0, 0.05) is 5.69 Å². The number of hydrogen-bond donors (Lipinski definition) is 0. The molecule has 0 aromatic heterocycles. The van der Waals surface area contributed by atoms with E-state index in [4.69, 9.17) is 5.26 Å². The Morgan fingerprint density at radius 2 is 1.90 bits per heavy atom. The zero-order valence-corrected chi connectivity index (χ0v) is 11.5. The van der Waals surface area contributed by atoms with Gasteiger partial charge in [0.1, 0.15) is 0 Å². The summed E-state index contributed by atoms with van der Waals surface area (Å²) in [5, 5.41) is 9.02. The molecule has 3 nitrogen and oxygen atoms in total. The van der Waals surface area contributed by atoms with Gasteiger partial charge >= 0.3 is 0 Å². The smallest absolute Gasteiger partial charge is 0.236 e. The number of fused-ring (bicyclic) bond motifs is 1. The van der Waals surface area contributed by atoms with Crippen LogP contribution < -0.4 is 4.90 Å². The van der Waals surface area contributed by atoms with Gasteiger partial charge in [0.25, 0.3) is 0 Å². The minimum atomic E-state index is 0.0540. The third kappa shape index (κ3) is 1.86. The molecule has 0 saturated heterocycles. The SMILES string of the molecule is Cc1ccc(N2C(=O)Cc3ccc(C#N)cc32)cc1C. The van der Waals surface area contributed by atoms with Crippen LogP contribution >= 0.6 is 0 Å². The van der Waals surface area contributed by atoms with Crippen molar-refractivity contribution < 1.29 is 4.79 Å². The van der Waals surface area contributed by atoms with Crippen LogP contribution in [0, 0.1) is 25.2 Å². The van der Waals surface area contributed by atoms with E-state index in [1.165, 1.54) is 5.56 Å². The summed E-state index contributed by atoms with van der Waals surface area (Å²) in [6.45, 7) is 4.08. The molecule has 98 valence electrons. The van der Waals surface area contributed by atoms with E-state index in [0.29, 0.717) is 12.0 Å². The zero-order chi connectivity index (χ0) is 14.3. The van der Waals surface area contributed by atoms with Crippen molar-refractivity contribution in [1.82, 2.24) is 0 Å². The first kappa shape index (κ1) is 12.4. The van der Waals surface area contributed by atoms with E-state index in [-0.39, 0.29) is 5.91 Å². The van der Waals surface area contributed by atoms with E-state index < -0.39 is 0 Å². The van der Waals surface area contributed by atoms with Crippen LogP contribution in [0.2, 0.25) is 0 Å². The molecule has 2 aromatic carbocycles. The molecule has 0 N–H and O–H groups in total. The second kappa shape index (κ2) is 4.50. The second-order valence-corrected chi connectivity index (χ2v) is 5.13. The Morgan fingerprint density at radius 3 is 2.60 bits per heavy atom. The fraction of sp³-hybridized carbons (Fsp3) is 0.176. The number of anilines is 2. The highest BCUT2D eigenvalue weighted by Crippen LogP contribution is 2.36. The van der Waals surface area contributed by atoms with Crippen molar-refractivity contribution in [1.29, 1.82) is 5.26 Å². The Kier molecular flexibility index (Phi) is 2.80. The average Bonchev–Trinajstić information content (AvgIpc) is 2.77. The molecule has 0 atom stereocenters. The Hall–Kier alpha value is -2.60. The molecule has 2 aromatic rings. The minimum absolute atomic E-state index is 0.0540. The second-order valence-electron chi connectivity index (χ2n) is 5.13. The van der Waals surface area contributed by atoms with E-state index >= 15 is 0 Å². The van der Waals surface area contributed by atoms with Gasteiger partial charge in [-0.25, -0.2) is 0 Å². The number of nitrogens with zero attached hydrogens (tertiary/aromatic N) is 2. The first-order valence-electron chi connectivity index (χ1n) is 6.53. The molecule has 0 spiro atoms. The van der Waals surface area contributed by atoms with E-state index in [0.717, 1.165) is 22.5 Å². The molecular weight excluding hydrogens is 248 g/mol. The highest BCUT2D eigenvalue weighted by atomic mass is 16.2. The lowest BCUT2D eigenvalue weighted by Gasteiger charge is -2.19. The first-order valence-corrected chi connectivity index (χ1v) is 6.53. The van der Waals surface area contributed by atoms with Crippen molar-refractivity contribution in [3.05, 3.63) is 58.7 Å². The molecule has 1 aliphatic heterocycles. The maximum atomic E-state index is 12.3. The highest BCUT2D eigenvalue weighted by Gasteiger charge is 2.28. The summed E-state index contributed by atoms with van der Waals surface area (Å²) in [6.07, 6.45) is 0.397. The predicted octanol–water partition coefficient (Wildman–Crippen LogP) is 3.40. The molecule has 0 bridgehead atoms. The number of amides is 1. The molecule has 3 rings (SSSR count). The number of benzene rings is 2. The van der Waals surface area contributed by atoms with Gasteiger partial charge in [-0.2, -0.15) is 5.26 Å². The van der Waals surface area contributed by atoms with Crippen LogP contribution in [0.25, 0.3) is 0 Å². The van der Waals surface area contributed by atoms with Gasteiger partial charge in [-0.15, -0.1) is 0 Å². The normalized spacial score (nSPS) is 13.2. The third-order valence-electron chi connectivity index (χ3n) is 3.80. The predicted molar refractivity (Wildman–Crippen MR) is 77.9 cm³/mol. The summed E-state index contributed by atoms with van der Waals surface area (Å²) < 4.78 is 0. The average molecular weight is 262 g/mol. The summed E-state index contributed by atoms with van der Waals surface area (Å²) in [5.74, 6) is 0.0540. The van der Waals surface area contributed by atoms with Crippen molar-refractivity contribution in [3.63, 3.8) is 0 Å². The minimum Gasteiger partial charge on any atom is -0.280 e. The quantitative estimate of drug-likeness (QED) is 0.790. The van der Waals surface area contributed by atoms with E-state index in [1.54, 1.807) is 17.0 Å². The van der Waals surface area contributed by atoms with Gasteiger partial charge in [-0.1, -0.05) is 12.1 Å². The van der Waals surface area contributed by atoms with E-state index in [1.807, 2.05) is 38.1 Å². The summed E-state index contributed by atoms with van der Waals surface area (Å²) in [5.41, 5.74) is 5.61. The Morgan fingerprint density at radius 1 is 1.10 bits per heavy atom. The fourth-order valence-corrected chi connectivity index (χ4v) is 2.52. The third-order valence-corrected chi connectivity index (χ3v) is 3.80.